The highest BCUT2D eigenvalue weighted by Crippen LogP contribution is 2.18. The first-order chi connectivity index (χ1) is 9.18. The number of hydrogen-bond donors (Lipinski definition) is 3. The number of rotatable bonds is 5. The summed E-state index contributed by atoms with van der Waals surface area (Å²) >= 11 is 0. The van der Waals surface area contributed by atoms with Crippen molar-refractivity contribution in [1.82, 2.24) is 5.32 Å². The second-order valence-corrected chi connectivity index (χ2v) is 4.26. The van der Waals surface area contributed by atoms with Crippen LogP contribution in [0, 0.1) is 0 Å². The minimum Gasteiger partial charge on any atom is -0.508 e. The molecule has 19 heavy (non-hydrogen) atoms. The quantitative estimate of drug-likeness (QED) is 0.762. The molecule has 2 rings (SSSR count). The lowest BCUT2D eigenvalue weighted by atomic mass is 10.1. The molecule has 0 radical (unpaired) electrons. The molecule has 0 heterocycles. The van der Waals surface area contributed by atoms with Gasteiger partial charge in [-0.1, -0.05) is 48.5 Å². The number of nitrogens with one attached hydrogen (secondary N) is 1. The zero-order valence-electron chi connectivity index (χ0n) is 10.4. The van der Waals surface area contributed by atoms with Crippen molar-refractivity contribution in [2.45, 2.75) is 12.6 Å². The highest BCUT2D eigenvalue weighted by Gasteiger charge is 2.16. The van der Waals surface area contributed by atoms with Crippen LogP contribution in [0.1, 0.15) is 17.2 Å². The molecule has 0 aliphatic heterocycles. The highest BCUT2D eigenvalue weighted by atomic mass is 16.3. The van der Waals surface area contributed by atoms with Gasteiger partial charge in [0, 0.05) is 12.1 Å². The van der Waals surface area contributed by atoms with Gasteiger partial charge in [0.2, 0.25) is 5.91 Å². The number of phenols is 1. The summed E-state index contributed by atoms with van der Waals surface area (Å²) in [6.07, 6.45) is 0. The summed E-state index contributed by atoms with van der Waals surface area (Å²) in [5, 5.41) is 12.7. The van der Waals surface area contributed by atoms with Gasteiger partial charge in [0.15, 0.2) is 0 Å². The summed E-state index contributed by atoms with van der Waals surface area (Å²) < 4.78 is 0. The van der Waals surface area contributed by atoms with Crippen LogP contribution >= 0.6 is 0 Å². The van der Waals surface area contributed by atoms with E-state index in [1.807, 2.05) is 36.4 Å². The van der Waals surface area contributed by atoms with Gasteiger partial charge in [-0.15, -0.1) is 0 Å². The van der Waals surface area contributed by atoms with Gasteiger partial charge in [0.1, 0.15) is 11.8 Å². The fourth-order valence-electron chi connectivity index (χ4n) is 1.90. The summed E-state index contributed by atoms with van der Waals surface area (Å²) in [6.45, 7) is 0.370. The Morgan fingerprint density at radius 3 is 2.37 bits per heavy atom. The van der Waals surface area contributed by atoms with Gasteiger partial charge in [-0.2, -0.15) is 0 Å². The Hall–Kier alpha value is -2.33. The number of hydrogen-bond acceptors (Lipinski definition) is 3. The van der Waals surface area contributed by atoms with E-state index < -0.39 is 11.9 Å². The molecule has 0 saturated heterocycles. The molecule has 98 valence electrons. The standard InChI is InChI=1S/C15H16N2O2/c16-15(19)14(11-6-2-1-3-7-11)17-10-12-8-4-5-9-13(12)18/h1-9,14,17-18H,10H2,(H2,16,19). The van der Waals surface area contributed by atoms with Gasteiger partial charge >= 0.3 is 0 Å². The summed E-state index contributed by atoms with van der Waals surface area (Å²) in [4.78, 5) is 11.5. The third-order valence-corrected chi connectivity index (χ3v) is 2.91. The maximum atomic E-state index is 11.5. The number of aromatic hydroxyl groups is 1. The van der Waals surface area contributed by atoms with Crippen LogP contribution in [0.2, 0.25) is 0 Å². The molecule has 1 amide bonds. The van der Waals surface area contributed by atoms with E-state index in [9.17, 15) is 9.90 Å². The van der Waals surface area contributed by atoms with Crippen molar-refractivity contribution in [3.8, 4) is 5.75 Å². The molecular weight excluding hydrogens is 240 g/mol. The summed E-state index contributed by atoms with van der Waals surface area (Å²) in [5.74, 6) is -0.243. The average molecular weight is 256 g/mol. The van der Waals surface area contributed by atoms with E-state index in [0.29, 0.717) is 6.54 Å². The van der Waals surface area contributed by atoms with Crippen molar-refractivity contribution in [1.29, 1.82) is 0 Å². The van der Waals surface area contributed by atoms with Crippen LogP contribution in [0.4, 0.5) is 0 Å². The van der Waals surface area contributed by atoms with E-state index in [1.54, 1.807) is 18.2 Å². The van der Waals surface area contributed by atoms with Crippen LogP contribution in [0.5, 0.6) is 5.75 Å². The van der Waals surface area contributed by atoms with Gasteiger partial charge in [0.25, 0.3) is 0 Å². The van der Waals surface area contributed by atoms with Crippen LogP contribution in [0.3, 0.4) is 0 Å². The van der Waals surface area contributed by atoms with Gasteiger partial charge in [0.05, 0.1) is 0 Å². The lowest BCUT2D eigenvalue weighted by molar-refractivity contribution is -0.120. The first-order valence-corrected chi connectivity index (χ1v) is 6.03. The van der Waals surface area contributed by atoms with Crippen LogP contribution < -0.4 is 11.1 Å². The molecule has 0 bridgehead atoms. The molecule has 0 spiro atoms. The molecule has 0 aliphatic rings. The Labute approximate surface area is 111 Å². The minimum absolute atomic E-state index is 0.200. The lowest BCUT2D eigenvalue weighted by Gasteiger charge is -2.16. The van der Waals surface area contributed by atoms with Crippen LogP contribution in [-0.2, 0) is 11.3 Å². The first-order valence-electron chi connectivity index (χ1n) is 6.03. The predicted octanol–water partition coefficient (Wildman–Crippen LogP) is 1.71. The van der Waals surface area contributed by atoms with Crippen LogP contribution in [-0.4, -0.2) is 11.0 Å². The smallest absolute Gasteiger partial charge is 0.239 e. The highest BCUT2D eigenvalue weighted by molar-refractivity contribution is 5.81. The molecule has 2 aromatic carbocycles. The number of nitrogens with two attached hydrogens (primary N) is 1. The first kappa shape index (κ1) is 13.1. The Balaban J connectivity index is 2.11. The summed E-state index contributed by atoms with van der Waals surface area (Å²) in [5.41, 5.74) is 6.94. The van der Waals surface area contributed by atoms with Gasteiger partial charge < -0.3 is 10.8 Å². The monoisotopic (exact) mass is 256 g/mol. The molecule has 4 N–H and O–H groups in total. The third-order valence-electron chi connectivity index (χ3n) is 2.91. The maximum Gasteiger partial charge on any atom is 0.239 e. The SMILES string of the molecule is NC(=O)C(NCc1ccccc1O)c1ccccc1. The fourth-order valence-corrected chi connectivity index (χ4v) is 1.90. The minimum atomic E-state index is -0.569. The normalized spacial score (nSPS) is 12.0. The predicted molar refractivity (Wildman–Crippen MR) is 73.3 cm³/mol. The molecule has 0 saturated carbocycles. The van der Waals surface area contributed by atoms with E-state index in [-0.39, 0.29) is 5.75 Å². The molecular formula is C15H16N2O2. The third kappa shape index (κ3) is 3.33. The van der Waals surface area contributed by atoms with E-state index >= 15 is 0 Å². The Morgan fingerprint density at radius 1 is 1.11 bits per heavy atom. The summed E-state index contributed by atoms with van der Waals surface area (Å²) in [6, 6.07) is 15.7. The van der Waals surface area contributed by atoms with E-state index in [2.05, 4.69) is 5.32 Å². The number of carbonyl (C=O) groups is 1. The van der Waals surface area contributed by atoms with Crippen LogP contribution in [0.15, 0.2) is 54.6 Å². The molecule has 0 fully saturated rings. The molecule has 0 aliphatic carbocycles. The number of phenolic OH excluding ortho intramolecular Hbond substituents is 1. The number of amides is 1. The topological polar surface area (TPSA) is 75.4 Å². The Morgan fingerprint density at radius 2 is 1.74 bits per heavy atom. The van der Waals surface area contributed by atoms with Gasteiger partial charge in [-0.25, -0.2) is 0 Å². The van der Waals surface area contributed by atoms with Gasteiger partial charge in [-0.3, -0.25) is 10.1 Å². The molecule has 2 aromatic rings. The fraction of sp³-hybridized carbons (Fsp3) is 0.133. The van der Waals surface area contributed by atoms with Crippen molar-refractivity contribution in [3.05, 3.63) is 65.7 Å². The van der Waals surface area contributed by atoms with Crippen molar-refractivity contribution >= 4 is 5.91 Å². The Bertz CT molecular complexity index is 555. The average Bonchev–Trinajstić information content (AvgIpc) is 2.42. The Kier molecular flexibility index (Phi) is 4.15. The zero-order valence-corrected chi connectivity index (χ0v) is 10.4. The van der Waals surface area contributed by atoms with Crippen molar-refractivity contribution < 1.29 is 9.90 Å². The summed E-state index contributed by atoms with van der Waals surface area (Å²) in [7, 11) is 0. The molecule has 0 aromatic heterocycles. The molecule has 1 unspecified atom stereocenters. The van der Waals surface area contributed by atoms with Gasteiger partial charge in [-0.05, 0) is 11.6 Å². The second kappa shape index (κ2) is 6.02. The van der Waals surface area contributed by atoms with E-state index in [0.717, 1.165) is 11.1 Å². The molecule has 4 heteroatoms. The maximum absolute atomic E-state index is 11.5. The van der Waals surface area contributed by atoms with Crippen LogP contribution in [0.25, 0.3) is 0 Å². The van der Waals surface area contributed by atoms with E-state index in [4.69, 9.17) is 5.73 Å². The number of benzene rings is 2. The van der Waals surface area contributed by atoms with Crippen molar-refractivity contribution in [2.24, 2.45) is 5.73 Å². The van der Waals surface area contributed by atoms with Crippen molar-refractivity contribution in [2.75, 3.05) is 0 Å². The molecule has 1 atom stereocenters. The number of primary amides is 1. The largest absolute Gasteiger partial charge is 0.508 e. The van der Waals surface area contributed by atoms with Crippen molar-refractivity contribution in [3.63, 3.8) is 0 Å². The number of para-hydroxylation sites is 1. The van der Waals surface area contributed by atoms with E-state index in [1.165, 1.54) is 0 Å². The second-order valence-electron chi connectivity index (χ2n) is 4.26. The number of carbonyl (C=O) groups excluding carboxylic acids is 1. The lowest BCUT2D eigenvalue weighted by Crippen LogP contribution is -2.33. The zero-order chi connectivity index (χ0) is 13.7. The molecule has 4 nitrogen and oxygen atoms in total.